The maximum Gasteiger partial charge on any atom is 0.343 e. The first-order valence-corrected chi connectivity index (χ1v) is 4.70. The quantitative estimate of drug-likeness (QED) is 0.354. The SMILES string of the molecule is COC(=O)/C(C(=N)c1ccccc1)=C(/C)O. The Morgan fingerprint density at radius 3 is 2.31 bits per heavy atom. The van der Waals surface area contributed by atoms with E-state index >= 15 is 0 Å². The summed E-state index contributed by atoms with van der Waals surface area (Å²) in [5.74, 6) is -0.936. The van der Waals surface area contributed by atoms with Crippen LogP contribution in [-0.4, -0.2) is 23.9 Å². The Kier molecular flexibility index (Phi) is 3.83. The molecule has 0 saturated heterocycles. The van der Waals surface area contributed by atoms with E-state index in [4.69, 9.17) is 5.41 Å². The van der Waals surface area contributed by atoms with Gasteiger partial charge in [-0.1, -0.05) is 30.3 Å². The van der Waals surface area contributed by atoms with Gasteiger partial charge in [0, 0.05) is 5.56 Å². The molecule has 1 aromatic carbocycles. The summed E-state index contributed by atoms with van der Waals surface area (Å²) in [7, 11) is 1.21. The van der Waals surface area contributed by atoms with E-state index in [2.05, 4.69) is 4.74 Å². The standard InChI is InChI=1S/C12H13NO3/c1-8(14)10(12(15)16-2)11(13)9-6-4-3-5-7-9/h3-7,13-14H,1-2H3/b10-8-,13-11?. The third-order valence-electron chi connectivity index (χ3n) is 2.06. The second kappa shape index (κ2) is 5.11. The molecule has 0 aliphatic heterocycles. The Morgan fingerprint density at radius 1 is 1.31 bits per heavy atom. The van der Waals surface area contributed by atoms with Gasteiger partial charge in [0.2, 0.25) is 0 Å². The lowest BCUT2D eigenvalue weighted by molar-refractivity contribution is -0.135. The summed E-state index contributed by atoms with van der Waals surface area (Å²) in [5, 5.41) is 17.2. The van der Waals surface area contributed by atoms with Gasteiger partial charge in [-0.3, -0.25) is 5.41 Å². The van der Waals surface area contributed by atoms with Crippen molar-refractivity contribution in [3.8, 4) is 0 Å². The number of benzene rings is 1. The van der Waals surface area contributed by atoms with Gasteiger partial charge >= 0.3 is 5.97 Å². The molecule has 1 rings (SSSR count). The smallest absolute Gasteiger partial charge is 0.343 e. The van der Waals surface area contributed by atoms with Crippen molar-refractivity contribution in [1.29, 1.82) is 5.41 Å². The second-order valence-corrected chi connectivity index (χ2v) is 3.19. The molecule has 16 heavy (non-hydrogen) atoms. The van der Waals surface area contributed by atoms with Crippen molar-refractivity contribution in [3.63, 3.8) is 0 Å². The number of allylic oxidation sites excluding steroid dienone is 1. The van der Waals surface area contributed by atoms with Crippen molar-refractivity contribution in [1.82, 2.24) is 0 Å². The molecule has 0 spiro atoms. The molecule has 0 radical (unpaired) electrons. The number of nitrogens with one attached hydrogen (secondary N) is 1. The van der Waals surface area contributed by atoms with Gasteiger partial charge in [-0.2, -0.15) is 0 Å². The van der Waals surface area contributed by atoms with Gasteiger partial charge in [0.25, 0.3) is 0 Å². The number of methoxy groups -OCH3 is 1. The Hall–Kier alpha value is -2.10. The van der Waals surface area contributed by atoms with Crippen molar-refractivity contribution in [2.75, 3.05) is 7.11 Å². The van der Waals surface area contributed by atoms with Crippen molar-refractivity contribution >= 4 is 11.7 Å². The molecular formula is C12H13NO3. The maximum atomic E-state index is 11.4. The molecular weight excluding hydrogens is 206 g/mol. The molecule has 0 fully saturated rings. The van der Waals surface area contributed by atoms with Crippen LogP contribution in [0.3, 0.4) is 0 Å². The average molecular weight is 219 g/mol. The Bertz CT molecular complexity index is 431. The van der Waals surface area contributed by atoms with Crippen LogP contribution in [0.25, 0.3) is 0 Å². The molecule has 4 nitrogen and oxygen atoms in total. The molecule has 1 aromatic rings. The largest absolute Gasteiger partial charge is 0.512 e. The number of hydrogen-bond acceptors (Lipinski definition) is 4. The van der Waals surface area contributed by atoms with E-state index in [-0.39, 0.29) is 17.0 Å². The number of esters is 1. The zero-order chi connectivity index (χ0) is 12.1. The van der Waals surface area contributed by atoms with E-state index in [1.807, 2.05) is 6.07 Å². The van der Waals surface area contributed by atoms with Crippen molar-refractivity contribution < 1.29 is 14.6 Å². The van der Waals surface area contributed by atoms with E-state index < -0.39 is 5.97 Å². The lowest BCUT2D eigenvalue weighted by atomic mass is 10.0. The van der Waals surface area contributed by atoms with E-state index in [1.165, 1.54) is 14.0 Å². The van der Waals surface area contributed by atoms with Crippen LogP contribution < -0.4 is 0 Å². The first-order chi connectivity index (χ1) is 7.57. The first-order valence-electron chi connectivity index (χ1n) is 4.70. The number of aliphatic hydroxyl groups excluding tert-OH is 1. The lowest BCUT2D eigenvalue weighted by Gasteiger charge is -2.08. The minimum atomic E-state index is -0.714. The summed E-state index contributed by atoms with van der Waals surface area (Å²) >= 11 is 0. The van der Waals surface area contributed by atoms with Gasteiger partial charge in [-0.25, -0.2) is 4.79 Å². The van der Waals surface area contributed by atoms with Crippen LogP contribution in [0, 0.1) is 5.41 Å². The number of aliphatic hydroxyl groups is 1. The Balaban J connectivity index is 3.13. The summed E-state index contributed by atoms with van der Waals surface area (Å²) in [4.78, 5) is 11.4. The lowest BCUT2D eigenvalue weighted by Crippen LogP contribution is -2.16. The Labute approximate surface area is 93.7 Å². The second-order valence-electron chi connectivity index (χ2n) is 3.19. The molecule has 0 aliphatic rings. The number of carbonyl (C=O) groups excluding carboxylic acids is 1. The number of ether oxygens (including phenoxy) is 1. The predicted octanol–water partition coefficient (Wildman–Crippen LogP) is 2.06. The highest BCUT2D eigenvalue weighted by Crippen LogP contribution is 2.12. The van der Waals surface area contributed by atoms with E-state index in [0.717, 1.165) is 0 Å². The van der Waals surface area contributed by atoms with Gasteiger partial charge in [-0.15, -0.1) is 0 Å². The molecule has 0 heterocycles. The number of carbonyl (C=O) groups is 1. The molecule has 0 aliphatic carbocycles. The van der Waals surface area contributed by atoms with E-state index in [1.54, 1.807) is 24.3 Å². The zero-order valence-corrected chi connectivity index (χ0v) is 9.15. The summed E-state index contributed by atoms with van der Waals surface area (Å²) in [6.45, 7) is 1.35. The molecule has 84 valence electrons. The average Bonchev–Trinajstić information content (AvgIpc) is 2.29. The summed E-state index contributed by atoms with van der Waals surface area (Å²) < 4.78 is 4.52. The zero-order valence-electron chi connectivity index (χ0n) is 9.15. The molecule has 4 heteroatoms. The van der Waals surface area contributed by atoms with Crippen LogP contribution in [0.1, 0.15) is 12.5 Å². The summed E-state index contributed by atoms with van der Waals surface area (Å²) in [6.07, 6.45) is 0. The monoisotopic (exact) mass is 219 g/mol. The summed E-state index contributed by atoms with van der Waals surface area (Å²) in [6, 6.07) is 8.70. The van der Waals surface area contributed by atoms with Crippen LogP contribution in [0.2, 0.25) is 0 Å². The van der Waals surface area contributed by atoms with Gasteiger partial charge in [-0.05, 0) is 6.92 Å². The first kappa shape index (κ1) is 12.0. The van der Waals surface area contributed by atoms with Crippen molar-refractivity contribution in [3.05, 3.63) is 47.2 Å². The molecule has 0 unspecified atom stereocenters. The van der Waals surface area contributed by atoms with Crippen LogP contribution in [0.4, 0.5) is 0 Å². The fourth-order valence-corrected chi connectivity index (χ4v) is 1.28. The molecule has 0 atom stereocenters. The number of hydrogen-bond donors (Lipinski definition) is 2. The molecule has 0 aromatic heterocycles. The third-order valence-corrected chi connectivity index (χ3v) is 2.06. The highest BCUT2D eigenvalue weighted by molar-refractivity contribution is 6.25. The van der Waals surface area contributed by atoms with Crippen LogP contribution >= 0.6 is 0 Å². The molecule has 2 N–H and O–H groups in total. The maximum absolute atomic E-state index is 11.4. The minimum Gasteiger partial charge on any atom is -0.512 e. The van der Waals surface area contributed by atoms with Crippen LogP contribution in [-0.2, 0) is 9.53 Å². The van der Waals surface area contributed by atoms with Gasteiger partial charge in [0.1, 0.15) is 11.3 Å². The Morgan fingerprint density at radius 2 is 1.88 bits per heavy atom. The topological polar surface area (TPSA) is 70.4 Å². The predicted molar refractivity (Wildman–Crippen MR) is 60.6 cm³/mol. The fraction of sp³-hybridized carbons (Fsp3) is 0.167. The number of rotatable bonds is 3. The third kappa shape index (κ3) is 2.48. The normalized spacial score (nSPS) is 11.6. The van der Waals surface area contributed by atoms with E-state index in [0.29, 0.717) is 5.56 Å². The molecule has 0 bridgehead atoms. The van der Waals surface area contributed by atoms with Crippen molar-refractivity contribution in [2.45, 2.75) is 6.92 Å². The fourth-order valence-electron chi connectivity index (χ4n) is 1.28. The van der Waals surface area contributed by atoms with Crippen LogP contribution in [0.15, 0.2) is 41.7 Å². The summed E-state index contributed by atoms with van der Waals surface area (Å²) in [5.41, 5.74) is 0.387. The van der Waals surface area contributed by atoms with Crippen LogP contribution in [0.5, 0.6) is 0 Å². The van der Waals surface area contributed by atoms with Gasteiger partial charge in [0.05, 0.1) is 12.8 Å². The van der Waals surface area contributed by atoms with Crippen molar-refractivity contribution in [2.24, 2.45) is 0 Å². The van der Waals surface area contributed by atoms with Gasteiger partial charge < -0.3 is 9.84 Å². The minimum absolute atomic E-state index is 0.0487. The highest BCUT2D eigenvalue weighted by Gasteiger charge is 2.19. The highest BCUT2D eigenvalue weighted by atomic mass is 16.5. The van der Waals surface area contributed by atoms with E-state index in [9.17, 15) is 9.90 Å². The van der Waals surface area contributed by atoms with Gasteiger partial charge in [0.15, 0.2) is 0 Å². The molecule has 0 amide bonds. The molecule has 0 saturated carbocycles.